The summed E-state index contributed by atoms with van der Waals surface area (Å²) in [5, 5.41) is 0.815. The molecule has 0 aromatic heterocycles. The highest BCUT2D eigenvalue weighted by molar-refractivity contribution is 6.35. The molecule has 0 amide bonds. The Hall–Kier alpha value is -1.52. The van der Waals surface area contributed by atoms with Gasteiger partial charge in [-0.2, -0.15) is 0 Å². The lowest BCUT2D eigenvalue weighted by Crippen LogP contribution is -2.42. The van der Waals surface area contributed by atoms with E-state index in [9.17, 15) is 9.59 Å². The highest BCUT2D eigenvalue weighted by Gasteiger charge is 2.40. The SMILES string of the molecule is CC(=C1C(=O)OC(C)(C)OC1=O)c1cc(Cl)cc(Cl)c1. The Morgan fingerprint density at radius 2 is 1.45 bits per heavy atom. The summed E-state index contributed by atoms with van der Waals surface area (Å²) in [7, 11) is 0. The molecule has 0 N–H and O–H groups in total. The number of carbonyl (C=O) groups is 2. The first-order chi connectivity index (χ1) is 9.19. The summed E-state index contributed by atoms with van der Waals surface area (Å²) in [6, 6.07) is 4.78. The first kappa shape index (κ1) is 14.9. The van der Waals surface area contributed by atoms with Gasteiger partial charge in [0.2, 0.25) is 0 Å². The van der Waals surface area contributed by atoms with E-state index < -0.39 is 17.7 Å². The van der Waals surface area contributed by atoms with E-state index in [0.717, 1.165) is 0 Å². The van der Waals surface area contributed by atoms with Crippen molar-refractivity contribution in [1.82, 2.24) is 0 Å². The number of hydrogen-bond acceptors (Lipinski definition) is 4. The van der Waals surface area contributed by atoms with Gasteiger partial charge in [-0.1, -0.05) is 23.2 Å². The van der Waals surface area contributed by atoms with E-state index in [4.69, 9.17) is 32.7 Å². The quantitative estimate of drug-likeness (QED) is 0.451. The van der Waals surface area contributed by atoms with Gasteiger partial charge in [0.1, 0.15) is 5.57 Å². The average molecular weight is 315 g/mol. The van der Waals surface area contributed by atoms with E-state index in [1.165, 1.54) is 13.8 Å². The molecule has 1 aromatic carbocycles. The van der Waals surface area contributed by atoms with Crippen LogP contribution >= 0.6 is 23.2 Å². The molecular weight excluding hydrogens is 303 g/mol. The summed E-state index contributed by atoms with van der Waals surface area (Å²) >= 11 is 11.8. The zero-order valence-corrected chi connectivity index (χ0v) is 12.6. The van der Waals surface area contributed by atoms with Gasteiger partial charge in [0.25, 0.3) is 5.79 Å². The molecule has 1 aliphatic heterocycles. The molecule has 0 radical (unpaired) electrons. The molecule has 0 spiro atoms. The second-order valence-corrected chi connectivity index (χ2v) is 5.71. The van der Waals surface area contributed by atoms with Crippen LogP contribution in [0.4, 0.5) is 0 Å². The smallest absolute Gasteiger partial charge is 0.349 e. The Morgan fingerprint density at radius 1 is 1.00 bits per heavy atom. The standard InChI is InChI=1S/C14H12Cl2O4/c1-7(8-4-9(15)6-10(16)5-8)11-12(17)19-14(2,3)20-13(11)18/h4-6H,1-3H3. The predicted molar refractivity (Wildman–Crippen MR) is 75.3 cm³/mol. The largest absolute Gasteiger partial charge is 0.419 e. The van der Waals surface area contributed by atoms with E-state index in [1.807, 2.05) is 0 Å². The third-order valence-corrected chi connectivity index (χ3v) is 3.19. The third kappa shape index (κ3) is 2.97. The summed E-state index contributed by atoms with van der Waals surface area (Å²) in [5.41, 5.74) is 0.814. The van der Waals surface area contributed by atoms with Crippen molar-refractivity contribution in [3.8, 4) is 0 Å². The lowest BCUT2D eigenvalue weighted by Gasteiger charge is -2.30. The van der Waals surface area contributed by atoms with Gasteiger partial charge in [-0.25, -0.2) is 9.59 Å². The molecule has 1 fully saturated rings. The van der Waals surface area contributed by atoms with Gasteiger partial charge in [-0.05, 0) is 36.3 Å². The minimum atomic E-state index is -1.26. The Bertz CT molecular complexity index is 590. The van der Waals surface area contributed by atoms with E-state index >= 15 is 0 Å². The predicted octanol–water partition coefficient (Wildman–Crippen LogP) is 3.60. The van der Waals surface area contributed by atoms with Gasteiger partial charge in [-0.3, -0.25) is 0 Å². The highest BCUT2D eigenvalue weighted by Crippen LogP contribution is 2.30. The molecule has 0 atom stereocenters. The lowest BCUT2D eigenvalue weighted by molar-refractivity contribution is -0.222. The number of halogens is 2. The van der Waals surface area contributed by atoms with E-state index in [2.05, 4.69) is 0 Å². The number of allylic oxidation sites excluding steroid dienone is 1. The van der Waals surface area contributed by atoms with Crippen molar-refractivity contribution in [3.05, 3.63) is 39.4 Å². The van der Waals surface area contributed by atoms with Gasteiger partial charge >= 0.3 is 11.9 Å². The first-order valence-electron chi connectivity index (χ1n) is 5.83. The summed E-state index contributed by atoms with van der Waals surface area (Å²) in [6.45, 7) is 4.59. The number of hydrogen-bond donors (Lipinski definition) is 0. The van der Waals surface area contributed by atoms with Crippen LogP contribution in [-0.4, -0.2) is 17.7 Å². The van der Waals surface area contributed by atoms with Gasteiger partial charge in [0, 0.05) is 23.9 Å². The number of carbonyl (C=O) groups excluding carboxylic acids is 2. The maximum atomic E-state index is 12.0. The van der Waals surface area contributed by atoms with E-state index in [1.54, 1.807) is 25.1 Å². The van der Waals surface area contributed by atoms with Gasteiger partial charge in [-0.15, -0.1) is 0 Å². The first-order valence-corrected chi connectivity index (χ1v) is 6.59. The summed E-state index contributed by atoms with van der Waals surface area (Å²) in [6.07, 6.45) is 0. The molecule has 2 rings (SSSR count). The fourth-order valence-electron chi connectivity index (χ4n) is 1.87. The van der Waals surface area contributed by atoms with Crippen molar-refractivity contribution >= 4 is 40.7 Å². The molecule has 0 saturated carbocycles. The molecule has 6 heteroatoms. The third-order valence-electron chi connectivity index (χ3n) is 2.76. The molecule has 20 heavy (non-hydrogen) atoms. The average Bonchev–Trinajstić information content (AvgIpc) is 2.24. The van der Waals surface area contributed by atoms with Crippen molar-refractivity contribution in [3.63, 3.8) is 0 Å². The maximum Gasteiger partial charge on any atom is 0.349 e. The van der Waals surface area contributed by atoms with Crippen molar-refractivity contribution in [2.24, 2.45) is 0 Å². The molecule has 1 aromatic rings. The molecular formula is C14H12Cl2O4. The normalized spacial score (nSPS) is 17.6. The molecule has 1 heterocycles. The van der Waals surface area contributed by atoms with Crippen LogP contribution in [0.25, 0.3) is 5.57 Å². The van der Waals surface area contributed by atoms with E-state index in [-0.39, 0.29) is 5.57 Å². The van der Waals surface area contributed by atoms with Crippen molar-refractivity contribution in [1.29, 1.82) is 0 Å². The minimum Gasteiger partial charge on any atom is -0.419 e. The molecule has 0 aliphatic carbocycles. The van der Waals surface area contributed by atoms with Crippen LogP contribution in [-0.2, 0) is 19.1 Å². The monoisotopic (exact) mass is 314 g/mol. The molecule has 1 saturated heterocycles. The van der Waals surface area contributed by atoms with Gasteiger partial charge < -0.3 is 9.47 Å². The fourth-order valence-corrected chi connectivity index (χ4v) is 2.40. The van der Waals surface area contributed by atoms with Gasteiger partial charge in [0.05, 0.1) is 0 Å². The molecule has 106 valence electrons. The van der Waals surface area contributed by atoms with Crippen molar-refractivity contribution in [2.45, 2.75) is 26.6 Å². The minimum absolute atomic E-state index is 0.150. The Labute approximate surface area is 126 Å². The second kappa shape index (κ2) is 5.11. The Morgan fingerprint density at radius 3 is 1.90 bits per heavy atom. The summed E-state index contributed by atoms with van der Waals surface area (Å²) in [4.78, 5) is 23.9. The van der Waals surface area contributed by atoms with Crippen LogP contribution in [0.5, 0.6) is 0 Å². The zero-order valence-electron chi connectivity index (χ0n) is 11.1. The van der Waals surface area contributed by atoms with Crippen LogP contribution in [0, 0.1) is 0 Å². The number of ether oxygens (including phenoxy) is 2. The van der Waals surface area contributed by atoms with Crippen LogP contribution in [0.3, 0.4) is 0 Å². The van der Waals surface area contributed by atoms with Crippen LogP contribution in [0.2, 0.25) is 10.0 Å². The number of cyclic esters (lactones) is 2. The zero-order chi connectivity index (χ0) is 15.1. The topological polar surface area (TPSA) is 52.6 Å². The van der Waals surface area contributed by atoms with Crippen LogP contribution in [0.1, 0.15) is 26.3 Å². The van der Waals surface area contributed by atoms with Crippen molar-refractivity contribution in [2.75, 3.05) is 0 Å². The summed E-state index contributed by atoms with van der Waals surface area (Å²) in [5.74, 6) is -2.70. The Balaban J connectivity index is 2.51. The van der Waals surface area contributed by atoms with Crippen LogP contribution in [0.15, 0.2) is 23.8 Å². The van der Waals surface area contributed by atoms with E-state index in [0.29, 0.717) is 21.2 Å². The number of rotatable bonds is 1. The van der Waals surface area contributed by atoms with Crippen molar-refractivity contribution < 1.29 is 19.1 Å². The van der Waals surface area contributed by atoms with Crippen LogP contribution < -0.4 is 0 Å². The maximum absolute atomic E-state index is 12.0. The summed E-state index contributed by atoms with van der Waals surface area (Å²) < 4.78 is 10.1. The number of benzene rings is 1. The molecule has 4 nitrogen and oxygen atoms in total. The highest BCUT2D eigenvalue weighted by atomic mass is 35.5. The molecule has 0 bridgehead atoms. The fraction of sp³-hybridized carbons (Fsp3) is 0.286. The lowest BCUT2D eigenvalue weighted by atomic mass is 10.0. The van der Waals surface area contributed by atoms with Gasteiger partial charge in [0.15, 0.2) is 0 Å². The number of esters is 2. The Kier molecular flexibility index (Phi) is 3.80. The second-order valence-electron chi connectivity index (χ2n) is 4.84. The molecule has 0 unspecified atom stereocenters. The molecule has 1 aliphatic rings.